The second kappa shape index (κ2) is 12.0. The molecule has 1 fully saturated rings. The number of halogens is 3. The van der Waals surface area contributed by atoms with Crippen LogP contribution in [0, 0.1) is 0 Å². The molecule has 0 saturated heterocycles. The Kier molecular flexibility index (Phi) is 8.25. The molecule has 0 spiro atoms. The number of hydrogen-bond acceptors (Lipinski definition) is 7. The number of aliphatic hydroxyl groups is 1. The monoisotopic (exact) mass is 550 g/mol. The summed E-state index contributed by atoms with van der Waals surface area (Å²) in [4.78, 5) is 24.5. The molecule has 10 heteroatoms. The highest BCUT2D eigenvalue weighted by Gasteiger charge is 2.32. The van der Waals surface area contributed by atoms with Crippen LogP contribution in [0.15, 0.2) is 67.1 Å². The van der Waals surface area contributed by atoms with Gasteiger partial charge in [0.05, 0.1) is 23.0 Å². The lowest BCUT2D eigenvalue weighted by Gasteiger charge is -2.29. The number of Topliss-reactive ketones (excluding diaryl/α,β-unsaturated/α-hetero) is 1. The first-order valence-corrected chi connectivity index (χ1v) is 13.2. The Hall–Kier alpha value is -4.05. The Bertz CT molecular complexity index is 1460. The molecule has 2 aromatic heterocycles. The minimum Gasteiger partial charge on any atom is -0.438 e. The maximum atomic E-state index is 12.7. The Morgan fingerprint density at radius 2 is 1.75 bits per heavy atom. The molecule has 7 nitrogen and oxygen atoms in total. The fourth-order valence-corrected chi connectivity index (χ4v) is 4.82. The van der Waals surface area contributed by atoms with Crippen LogP contribution in [-0.4, -0.2) is 38.0 Å². The van der Waals surface area contributed by atoms with Crippen molar-refractivity contribution in [2.24, 2.45) is 0 Å². The molecular weight excluding hydrogens is 521 g/mol. The van der Waals surface area contributed by atoms with Gasteiger partial charge in [-0.05, 0) is 66.8 Å². The summed E-state index contributed by atoms with van der Waals surface area (Å²) in [5.74, 6) is 0.934. The van der Waals surface area contributed by atoms with Crippen LogP contribution in [0.4, 0.5) is 18.9 Å². The van der Waals surface area contributed by atoms with Crippen LogP contribution in [0.1, 0.15) is 48.9 Å². The predicted octanol–water partition coefficient (Wildman–Crippen LogP) is 6.30. The van der Waals surface area contributed by atoms with E-state index >= 15 is 0 Å². The van der Waals surface area contributed by atoms with Gasteiger partial charge in [-0.3, -0.25) is 9.78 Å². The summed E-state index contributed by atoms with van der Waals surface area (Å²) < 4.78 is 44.0. The molecular formula is C30H29F3N4O3. The SMILES string of the molecule is O=C(CCc1ccc(C(F)(F)F)nc1)Cc1ccc(Oc2ncnc3cc(N[C@@H]4CCCC[C@H]4O)ccc23)cc1. The molecule has 1 aliphatic carbocycles. The molecule has 1 aliphatic rings. The highest BCUT2D eigenvalue weighted by Crippen LogP contribution is 2.30. The highest BCUT2D eigenvalue weighted by molar-refractivity contribution is 5.86. The number of hydrogen-bond donors (Lipinski definition) is 2. The topological polar surface area (TPSA) is 97.2 Å². The molecule has 4 aromatic rings. The molecule has 208 valence electrons. The number of ketones is 1. The number of aryl methyl sites for hydroxylation is 1. The third kappa shape index (κ3) is 6.93. The van der Waals surface area contributed by atoms with E-state index < -0.39 is 11.9 Å². The maximum Gasteiger partial charge on any atom is 0.433 e. The van der Waals surface area contributed by atoms with Gasteiger partial charge in [0.15, 0.2) is 0 Å². The van der Waals surface area contributed by atoms with Crippen LogP contribution in [0.25, 0.3) is 10.9 Å². The van der Waals surface area contributed by atoms with E-state index in [2.05, 4.69) is 20.3 Å². The number of carbonyl (C=O) groups is 1. The van der Waals surface area contributed by atoms with Gasteiger partial charge in [-0.1, -0.05) is 31.0 Å². The van der Waals surface area contributed by atoms with Crippen LogP contribution >= 0.6 is 0 Å². The number of ether oxygens (including phenoxy) is 1. The normalized spacial score (nSPS) is 17.5. The van der Waals surface area contributed by atoms with Crippen molar-refractivity contribution < 1.29 is 27.8 Å². The van der Waals surface area contributed by atoms with Gasteiger partial charge in [0.25, 0.3) is 0 Å². The van der Waals surface area contributed by atoms with Crippen molar-refractivity contribution in [3.05, 3.63) is 83.9 Å². The van der Waals surface area contributed by atoms with Crippen molar-refractivity contribution in [2.75, 3.05) is 5.32 Å². The Morgan fingerprint density at radius 1 is 0.975 bits per heavy atom. The fraction of sp³-hybridized carbons (Fsp3) is 0.333. The van der Waals surface area contributed by atoms with Crippen molar-refractivity contribution in [2.45, 2.75) is 63.3 Å². The van der Waals surface area contributed by atoms with Gasteiger partial charge < -0.3 is 15.2 Å². The van der Waals surface area contributed by atoms with Gasteiger partial charge in [0, 0.05) is 24.7 Å². The van der Waals surface area contributed by atoms with Gasteiger partial charge in [0.2, 0.25) is 5.88 Å². The van der Waals surface area contributed by atoms with E-state index in [9.17, 15) is 23.1 Å². The molecule has 1 saturated carbocycles. The molecule has 0 aliphatic heterocycles. The minimum absolute atomic E-state index is 0.0241. The fourth-order valence-electron chi connectivity index (χ4n) is 4.82. The first-order valence-electron chi connectivity index (χ1n) is 13.2. The Balaban J connectivity index is 1.17. The summed E-state index contributed by atoms with van der Waals surface area (Å²) in [6, 6.07) is 15.2. The van der Waals surface area contributed by atoms with Crippen LogP contribution in [-0.2, 0) is 23.8 Å². The molecule has 2 atom stereocenters. The van der Waals surface area contributed by atoms with E-state index in [1.165, 1.54) is 12.4 Å². The third-order valence-electron chi connectivity index (χ3n) is 7.03. The van der Waals surface area contributed by atoms with E-state index in [1.54, 1.807) is 24.3 Å². The Morgan fingerprint density at radius 3 is 2.48 bits per heavy atom. The van der Waals surface area contributed by atoms with E-state index in [1.807, 2.05) is 18.2 Å². The van der Waals surface area contributed by atoms with Gasteiger partial charge in [-0.2, -0.15) is 13.2 Å². The van der Waals surface area contributed by atoms with Crippen LogP contribution in [0.5, 0.6) is 11.6 Å². The van der Waals surface area contributed by atoms with E-state index in [0.717, 1.165) is 54.6 Å². The number of carbonyl (C=O) groups excluding carboxylic acids is 1. The first kappa shape index (κ1) is 27.5. The van der Waals surface area contributed by atoms with Gasteiger partial charge in [0.1, 0.15) is 23.6 Å². The van der Waals surface area contributed by atoms with Crippen molar-refractivity contribution in [3.63, 3.8) is 0 Å². The molecule has 0 bridgehead atoms. The maximum absolute atomic E-state index is 12.7. The molecule has 2 aromatic carbocycles. The number of aliphatic hydroxyl groups excluding tert-OH is 1. The van der Waals surface area contributed by atoms with Crippen molar-refractivity contribution in [3.8, 4) is 11.6 Å². The summed E-state index contributed by atoms with van der Waals surface area (Å²) in [5.41, 5.74) is 2.03. The van der Waals surface area contributed by atoms with Gasteiger partial charge in [-0.25, -0.2) is 9.97 Å². The van der Waals surface area contributed by atoms with Gasteiger partial charge in [-0.15, -0.1) is 0 Å². The standard InChI is InChI=1S/C30H29F3N4O3/c31-30(32,33)28-14-8-20(17-34-28)5-10-22(38)15-19-6-11-23(12-7-19)40-29-24-13-9-21(16-26(24)35-18-36-29)37-25-3-1-2-4-27(25)39/h6-9,11-14,16-18,25,27,37,39H,1-5,10,15H2/t25-,27-/m1/s1. The number of alkyl halides is 3. The smallest absolute Gasteiger partial charge is 0.433 e. The zero-order chi connectivity index (χ0) is 28.1. The van der Waals surface area contributed by atoms with Crippen LogP contribution in [0.2, 0.25) is 0 Å². The molecule has 0 amide bonds. The van der Waals surface area contributed by atoms with Crippen molar-refractivity contribution in [1.82, 2.24) is 15.0 Å². The molecule has 2 heterocycles. The lowest BCUT2D eigenvalue weighted by Crippen LogP contribution is -2.36. The number of nitrogens with zero attached hydrogens (tertiary/aromatic N) is 3. The van der Waals surface area contributed by atoms with E-state index in [0.29, 0.717) is 29.1 Å². The molecule has 5 rings (SSSR count). The second-order valence-electron chi connectivity index (χ2n) is 10.0. The van der Waals surface area contributed by atoms with Crippen LogP contribution < -0.4 is 10.1 Å². The predicted molar refractivity (Wildman–Crippen MR) is 144 cm³/mol. The quantitative estimate of drug-likeness (QED) is 0.253. The summed E-state index contributed by atoms with van der Waals surface area (Å²) in [5, 5.41) is 14.4. The molecule has 2 N–H and O–H groups in total. The first-order chi connectivity index (χ1) is 19.2. The van der Waals surface area contributed by atoms with Crippen molar-refractivity contribution >= 4 is 22.4 Å². The minimum atomic E-state index is -4.48. The zero-order valence-electron chi connectivity index (χ0n) is 21.7. The Labute approximate surface area is 229 Å². The van der Waals surface area contributed by atoms with Gasteiger partial charge >= 0.3 is 6.18 Å². The summed E-state index contributed by atoms with van der Waals surface area (Å²) >= 11 is 0. The van der Waals surface area contributed by atoms with E-state index in [4.69, 9.17) is 4.74 Å². The molecule has 40 heavy (non-hydrogen) atoms. The average molecular weight is 551 g/mol. The summed E-state index contributed by atoms with van der Waals surface area (Å²) in [7, 11) is 0. The third-order valence-corrected chi connectivity index (χ3v) is 7.03. The van der Waals surface area contributed by atoms with Crippen molar-refractivity contribution in [1.29, 1.82) is 0 Å². The largest absolute Gasteiger partial charge is 0.438 e. The molecule has 0 radical (unpaired) electrons. The highest BCUT2D eigenvalue weighted by atomic mass is 19.4. The lowest BCUT2D eigenvalue weighted by atomic mass is 9.92. The summed E-state index contributed by atoms with van der Waals surface area (Å²) in [6.07, 6.45) is 2.37. The number of rotatable bonds is 9. The zero-order valence-corrected chi connectivity index (χ0v) is 21.7. The number of fused-ring (bicyclic) bond motifs is 1. The molecule has 0 unspecified atom stereocenters. The van der Waals surface area contributed by atoms with E-state index in [-0.39, 0.29) is 30.8 Å². The number of pyridine rings is 1. The number of aromatic nitrogens is 3. The summed E-state index contributed by atoms with van der Waals surface area (Å²) in [6.45, 7) is 0. The second-order valence-corrected chi connectivity index (χ2v) is 10.0. The number of benzene rings is 2. The number of nitrogens with one attached hydrogen (secondary N) is 1. The number of anilines is 1. The average Bonchev–Trinajstić information content (AvgIpc) is 2.94. The lowest BCUT2D eigenvalue weighted by molar-refractivity contribution is -0.141. The van der Waals surface area contributed by atoms with Crippen LogP contribution in [0.3, 0.4) is 0 Å².